The van der Waals surface area contributed by atoms with Gasteiger partial charge in [0.15, 0.2) is 0 Å². The molecule has 132 valence electrons. The second-order valence-corrected chi connectivity index (χ2v) is 5.16. The predicted molar refractivity (Wildman–Crippen MR) is 97.1 cm³/mol. The summed E-state index contributed by atoms with van der Waals surface area (Å²) in [5, 5.41) is 5.37. The third-order valence-corrected chi connectivity index (χ3v) is 3.23. The zero-order chi connectivity index (χ0) is 18.1. The Balaban J connectivity index is 1.89. The lowest BCUT2D eigenvalue weighted by Crippen LogP contribution is -2.21. The van der Waals surface area contributed by atoms with Gasteiger partial charge in [-0.25, -0.2) is 0 Å². The summed E-state index contributed by atoms with van der Waals surface area (Å²) < 4.78 is 10.8. The first kappa shape index (κ1) is 18.3. The summed E-state index contributed by atoms with van der Waals surface area (Å²) in [5.74, 6) is 0.502. The molecule has 6 heteroatoms. The van der Waals surface area contributed by atoms with E-state index in [4.69, 9.17) is 9.47 Å². The van der Waals surface area contributed by atoms with Gasteiger partial charge in [-0.15, -0.1) is 0 Å². The van der Waals surface area contributed by atoms with Crippen molar-refractivity contribution in [3.8, 4) is 11.5 Å². The maximum absolute atomic E-state index is 12.1. The fourth-order valence-corrected chi connectivity index (χ4v) is 2.20. The minimum atomic E-state index is -0.407. The highest BCUT2D eigenvalue weighted by Gasteiger charge is 2.12. The molecule has 2 aromatic carbocycles. The van der Waals surface area contributed by atoms with Gasteiger partial charge in [0.25, 0.3) is 0 Å². The van der Waals surface area contributed by atoms with Crippen LogP contribution in [0.4, 0.5) is 11.4 Å². The molecule has 0 saturated carbocycles. The van der Waals surface area contributed by atoms with E-state index in [0.29, 0.717) is 30.3 Å². The third kappa shape index (κ3) is 5.84. The fraction of sp³-hybridized carbons (Fsp3) is 0.263. The lowest BCUT2D eigenvalue weighted by Gasteiger charge is -2.11. The molecular formula is C19H22N2O4. The number of ether oxygens (including phenoxy) is 2. The zero-order valence-corrected chi connectivity index (χ0v) is 14.4. The number of amides is 2. The first-order valence-corrected chi connectivity index (χ1v) is 8.16. The highest BCUT2D eigenvalue weighted by Crippen LogP contribution is 2.23. The van der Waals surface area contributed by atoms with Crippen LogP contribution in [0, 0.1) is 0 Å². The largest absolute Gasteiger partial charge is 0.494 e. The van der Waals surface area contributed by atoms with Crippen LogP contribution in [0.3, 0.4) is 0 Å². The zero-order valence-electron chi connectivity index (χ0n) is 14.4. The van der Waals surface area contributed by atoms with E-state index in [-0.39, 0.29) is 6.42 Å². The van der Waals surface area contributed by atoms with E-state index in [1.54, 1.807) is 42.5 Å². The van der Waals surface area contributed by atoms with Crippen LogP contribution in [0.2, 0.25) is 0 Å². The number of rotatable bonds is 8. The van der Waals surface area contributed by atoms with Crippen molar-refractivity contribution in [3.05, 3.63) is 48.5 Å². The van der Waals surface area contributed by atoms with Crippen molar-refractivity contribution < 1.29 is 19.1 Å². The van der Waals surface area contributed by atoms with Crippen LogP contribution in [-0.2, 0) is 9.59 Å². The van der Waals surface area contributed by atoms with Crippen molar-refractivity contribution in [3.63, 3.8) is 0 Å². The van der Waals surface area contributed by atoms with Crippen LogP contribution in [0.25, 0.3) is 0 Å². The standard InChI is InChI=1S/C19H22N2O4/c1-3-24-15-11-9-14(10-12-15)20-18(22)13-19(23)21-16-7-5-6-8-17(16)25-4-2/h5-12H,3-4,13H2,1-2H3,(H,20,22)(H,21,23). The summed E-state index contributed by atoms with van der Waals surface area (Å²) in [5.41, 5.74) is 1.15. The summed E-state index contributed by atoms with van der Waals surface area (Å²) in [4.78, 5) is 24.1. The molecule has 0 saturated heterocycles. The topological polar surface area (TPSA) is 76.7 Å². The van der Waals surface area contributed by atoms with E-state index in [9.17, 15) is 9.59 Å². The Morgan fingerprint density at radius 2 is 1.48 bits per heavy atom. The van der Waals surface area contributed by atoms with Crippen molar-refractivity contribution in [2.45, 2.75) is 20.3 Å². The molecule has 0 heterocycles. The Bertz CT molecular complexity index is 714. The molecule has 25 heavy (non-hydrogen) atoms. The molecule has 2 amide bonds. The van der Waals surface area contributed by atoms with E-state index < -0.39 is 11.8 Å². The Kier molecular flexibility index (Phi) is 6.83. The van der Waals surface area contributed by atoms with Crippen molar-refractivity contribution in [2.75, 3.05) is 23.8 Å². The Hall–Kier alpha value is -3.02. The average molecular weight is 342 g/mol. The van der Waals surface area contributed by atoms with Crippen LogP contribution < -0.4 is 20.1 Å². The van der Waals surface area contributed by atoms with Crippen LogP contribution in [-0.4, -0.2) is 25.0 Å². The van der Waals surface area contributed by atoms with Gasteiger partial charge in [-0.1, -0.05) is 12.1 Å². The molecule has 0 fully saturated rings. The van der Waals surface area contributed by atoms with Crippen molar-refractivity contribution in [1.82, 2.24) is 0 Å². The van der Waals surface area contributed by atoms with E-state index >= 15 is 0 Å². The van der Waals surface area contributed by atoms with Crippen molar-refractivity contribution in [1.29, 1.82) is 0 Å². The molecule has 0 radical (unpaired) electrons. The summed E-state index contributed by atoms with van der Waals surface area (Å²) in [6, 6.07) is 14.1. The van der Waals surface area contributed by atoms with Gasteiger partial charge in [0.2, 0.25) is 11.8 Å². The minimum absolute atomic E-state index is 0.284. The monoisotopic (exact) mass is 342 g/mol. The number of anilines is 2. The predicted octanol–water partition coefficient (Wildman–Crippen LogP) is 3.45. The van der Waals surface area contributed by atoms with Gasteiger partial charge < -0.3 is 20.1 Å². The molecule has 0 aliphatic carbocycles. The molecular weight excluding hydrogens is 320 g/mol. The van der Waals surface area contributed by atoms with E-state index in [2.05, 4.69) is 10.6 Å². The second-order valence-electron chi connectivity index (χ2n) is 5.16. The minimum Gasteiger partial charge on any atom is -0.494 e. The maximum Gasteiger partial charge on any atom is 0.233 e. The molecule has 0 aliphatic rings. The first-order chi connectivity index (χ1) is 12.1. The molecule has 2 N–H and O–H groups in total. The van der Waals surface area contributed by atoms with Crippen LogP contribution in [0.15, 0.2) is 48.5 Å². The van der Waals surface area contributed by atoms with Gasteiger partial charge in [-0.3, -0.25) is 9.59 Å². The van der Waals surface area contributed by atoms with Gasteiger partial charge in [0.05, 0.1) is 18.9 Å². The van der Waals surface area contributed by atoms with Gasteiger partial charge in [-0.05, 0) is 50.2 Å². The second kappa shape index (κ2) is 9.32. The van der Waals surface area contributed by atoms with Crippen LogP contribution in [0.5, 0.6) is 11.5 Å². The lowest BCUT2D eigenvalue weighted by molar-refractivity contribution is -0.123. The number of hydrogen-bond acceptors (Lipinski definition) is 4. The van der Waals surface area contributed by atoms with E-state index in [0.717, 1.165) is 5.75 Å². The van der Waals surface area contributed by atoms with Gasteiger partial charge in [0, 0.05) is 5.69 Å². The summed E-state index contributed by atoms with van der Waals surface area (Å²) in [6.07, 6.45) is -0.284. The number of carbonyl (C=O) groups is 2. The first-order valence-electron chi connectivity index (χ1n) is 8.16. The number of benzene rings is 2. The number of para-hydroxylation sites is 2. The molecule has 0 bridgehead atoms. The summed E-state index contributed by atoms with van der Waals surface area (Å²) in [7, 11) is 0. The molecule has 0 atom stereocenters. The molecule has 0 unspecified atom stereocenters. The molecule has 0 spiro atoms. The smallest absolute Gasteiger partial charge is 0.233 e. The average Bonchev–Trinajstić information content (AvgIpc) is 2.59. The molecule has 0 aliphatic heterocycles. The van der Waals surface area contributed by atoms with Gasteiger partial charge in [-0.2, -0.15) is 0 Å². The maximum atomic E-state index is 12.1. The van der Waals surface area contributed by atoms with E-state index in [1.807, 2.05) is 19.9 Å². The van der Waals surface area contributed by atoms with Crippen molar-refractivity contribution in [2.24, 2.45) is 0 Å². The summed E-state index contributed by atoms with van der Waals surface area (Å²) >= 11 is 0. The highest BCUT2D eigenvalue weighted by molar-refractivity contribution is 6.08. The number of nitrogens with one attached hydrogen (secondary N) is 2. The molecule has 2 rings (SSSR count). The molecule has 0 aromatic heterocycles. The Labute approximate surface area is 147 Å². The third-order valence-electron chi connectivity index (χ3n) is 3.23. The van der Waals surface area contributed by atoms with Crippen molar-refractivity contribution >= 4 is 23.2 Å². The normalized spacial score (nSPS) is 10.0. The lowest BCUT2D eigenvalue weighted by atomic mass is 10.2. The quantitative estimate of drug-likeness (QED) is 0.721. The number of hydrogen-bond donors (Lipinski definition) is 2. The van der Waals surface area contributed by atoms with Gasteiger partial charge in [0.1, 0.15) is 17.9 Å². The van der Waals surface area contributed by atoms with Gasteiger partial charge >= 0.3 is 0 Å². The molecule has 2 aromatic rings. The Morgan fingerprint density at radius 3 is 2.16 bits per heavy atom. The Morgan fingerprint density at radius 1 is 0.840 bits per heavy atom. The highest BCUT2D eigenvalue weighted by atomic mass is 16.5. The summed E-state index contributed by atoms with van der Waals surface area (Å²) in [6.45, 7) is 4.83. The van der Waals surface area contributed by atoms with Crippen LogP contribution in [0.1, 0.15) is 20.3 Å². The number of carbonyl (C=O) groups excluding carboxylic acids is 2. The SMILES string of the molecule is CCOc1ccc(NC(=O)CC(=O)Nc2ccccc2OCC)cc1. The fourth-order valence-electron chi connectivity index (χ4n) is 2.20. The van der Waals surface area contributed by atoms with E-state index in [1.165, 1.54) is 0 Å². The van der Waals surface area contributed by atoms with Crippen LogP contribution >= 0.6 is 0 Å². The molecule has 6 nitrogen and oxygen atoms in total.